The lowest BCUT2D eigenvalue weighted by molar-refractivity contribution is 0.215. The normalized spacial score (nSPS) is 10.2. The number of rotatable bonds is 2. The minimum atomic E-state index is -0.596. The van der Waals surface area contributed by atoms with Gasteiger partial charge in [0.15, 0.2) is 5.82 Å². The molecular weight excluding hydrogens is 254 g/mol. The third kappa shape index (κ3) is 2.72. The van der Waals surface area contributed by atoms with Crippen molar-refractivity contribution in [3.05, 3.63) is 60.8 Å². The molecule has 5 heteroatoms. The van der Waals surface area contributed by atoms with E-state index in [1.165, 1.54) is 6.20 Å². The zero-order valence-corrected chi connectivity index (χ0v) is 10.5. The number of nitrogens with zero attached hydrogens (tertiary/aromatic N) is 2. The van der Waals surface area contributed by atoms with Gasteiger partial charge in [0.25, 0.3) is 0 Å². The molecule has 2 aromatic carbocycles. The van der Waals surface area contributed by atoms with Crippen LogP contribution in [0.3, 0.4) is 0 Å². The maximum Gasteiger partial charge on any atom is 0.418 e. The summed E-state index contributed by atoms with van der Waals surface area (Å²) < 4.78 is 5.11. The van der Waals surface area contributed by atoms with E-state index < -0.39 is 6.09 Å². The first kappa shape index (κ1) is 12.1. The number of anilines is 1. The van der Waals surface area contributed by atoms with Gasteiger partial charge in [0, 0.05) is 0 Å². The second-order valence-electron chi connectivity index (χ2n) is 4.07. The van der Waals surface area contributed by atoms with Crippen LogP contribution in [-0.2, 0) is 0 Å². The lowest BCUT2D eigenvalue weighted by Crippen LogP contribution is -2.17. The maximum atomic E-state index is 11.7. The lowest BCUT2D eigenvalue weighted by Gasteiger charge is -2.06. The third-order valence-electron chi connectivity index (χ3n) is 2.63. The Balaban J connectivity index is 1.74. The Morgan fingerprint density at radius 3 is 2.45 bits per heavy atom. The molecule has 3 rings (SSSR count). The number of hydrogen-bond donors (Lipinski definition) is 1. The van der Waals surface area contributed by atoms with E-state index in [1.807, 2.05) is 30.3 Å². The van der Waals surface area contributed by atoms with E-state index in [4.69, 9.17) is 4.74 Å². The van der Waals surface area contributed by atoms with Crippen molar-refractivity contribution >= 4 is 22.9 Å². The van der Waals surface area contributed by atoms with Crippen molar-refractivity contribution in [2.45, 2.75) is 0 Å². The van der Waals surface area contributed by atoms with Gasteiger partial charge < -0.3 is 4.74 Å². The van der Waals surface area contributed by atoms with Gasteiger partial charge in [-0.2, -0.15) is 0 Å². The van der Waals surface area contributed by atoms with Crippen LogP contribution in [-0.4, -0.2) is 16.1 Å². The minimum Gasteiger partial charge on any atom is -0.410 e. The number of ether oxygens (including phenoxy) is 1. The third-order valence-corrected chi connectivity index (χ3v) is 2.63. The highest BCUT2D eigenvalue weighted by Crippen LogP contribution is 2.13. The molecule has 0 saturated carbocycles. The molecule has 0 aliphatic heterocycles. The molecule has 0 aliphatic rings. The fraction of sp³-hybridized carbons (Fsp3) is 0. The number of para-hydroxylation sites is 3. The molecule has 0 unspecified atom stereocenters. The molecule has 20 heavy (non-hydrogen) atoms. The average Bonchev–Trinajstić information content (AvgIpc) is 2.48. The number of hydrogen-bond acceptors (Lipinski definition) is 4. The Hall–Kier alpha value is -2.95. The van der Waals surface area contributed by atoms with Crippen molar-refractivity contribution in [2.24, 2.45) is 0 Å². The molecule has 0 saturated heterocycles. The van der Waals surface area contributed by atoms with E-state index in [9.17, 15) is 4.79 Å². The average molecular weight is 265 g/mol. The SMILES string of the molecule is O=C(Nc1cnc2ccccc2n1)Oc1ccccc1. The summed E-state index contributed by atoms with van der Waals surface area (Å²) in [5, 5.41) is 2.55. The molecule has 0 atom stereocenters. The molecule has 0 fully saturated rings. The van der Waals surface area contributed by atoms with Crippen molar-refractivity contribution in [1.29, 1.82) is 0 Å². The van der Waals surface area contributed by atoms with Gasteiger partial charge in [0.1, 0.15) is 5.75 Å². The summed E-state index contributed by atoms with van der Waals surface area (Å²) in [4.78, 5) is 20.2. The lowest BCUT2D eigenvalue weighted by atomic mass is 10.3. The van der Waals surface area contributed by atoms with Gasteiger partial charge in [-0.1, -0.05) is 30.3 Å². The van der Waals surface area contributed by atoms with Gasteiger partial charge in [0.05, 0.1) is 17.2 Å². The van der Waals surface area contributed by atoms with E-state index in [1.54, 1.807) is 24.3 Å². The van der Waals surface area contributed by atoms with E-state index >= 15 is 0 Å². The number of carbonyl (C=O) groups excluding carboxylic acids is 1. The van der Waals surface area contributed by atoms with Crippen molar-refractivity contribution in [3.8, 4) is 5.75 Å². The van der Waals surface area contributed by atoms with E-state index in [-0.39, 0.29) is 0 Å². The van der Waals surface area contributed by atoms with Crippen LogP contribution in [0.1, 0.15) is 0 Å². The van der Waals surface area contributed by atoms with Crippen LogP contribution >= 0.6 is 0 Å². The van der Waals surface area contributed by atoms with Crippen molar-refractivity contribution in [2.75, 3.05) is 5.32 Å². The van der Waals surface area contributed by atoms with Crippen LogP contribution in [0, 0.1) is 0 Å². The van der Waals surface area contributed by atoms with Crippen molar-refractivity contribution in [1.82, 2.24) is 9.97 Å². The van der Waals surface area contributed by atoms with Crippen LogP contribution in [0.25, 0.3) is 11.0 Å². The zero-order valence-electron chi connectivity index (χ0n) is 10.5. The summed E-state index contributed by atoms with van der Waals surface area (Å²) in [6, 6.07) is 16.3. The number of nitrogens with one attached hydrogen (secondary N) is 1. The fourth-order valence-electron chi connectivity index (χ4n) is 1.74. The molecule has 1 aromatic heterocycles. The van der Waals surface area contributed by atoms with E-state index in [0.29, 0.717) is 17.1 Å². The number of amides is 1. The standard InChI is InChI=1S/C15H11N3O2/c19-15(20-11-6-2-1-3-7-11)18-14-10-16-12-8-4-5-9-13(12)17-14/h1-10H,(H,17,18,19). The summed E-state index contributed by atoms with van der Waals surface area (Å²) in [5.74, 6) is 0.823. The van der Waals surface area contributed by atoms with Gasteiger partial charge in [-0.25, -0.2) is 9.78 Å². The van der Waals surface area contributed by atoms with Gasteiger partial charge in [0.2, 0.25) is 0 Å². The number of fused-ring (bicyclic) bond motifs is 1. The fourth-order valence-corrected chi connectivity index (χ4v) is 1.74. The monoisotopic (exact) mass is 265 g/mol. The highest BCUT2D eigenvalue weighted by Gasteiger charge is 2.06. The molecule has 5 nitrogen and oxygen atoms in total. The largest absolute Gasteiger partial charge is 0.418 e. The molecule has 1 N–H and O–H groups in total. The molecule has 0 spiro atoms. The summed E-state index contributed by atoms with van der Waals surface area (Å²) in [6.45, 7) is 0. The molecule has 0 bridgehead atoms. The highest BCUT2D eigenvalue weighted by atomic mass is 16.6. The molecule has 0 aliphatic carbocycles. The molecule has 1 amide bonds. The molecule has 3 aromatic rings. The van der Waals surface area contributed by atoms with Gasteiger partial charge in [-0.05, 0) is 24.3 Å². The topological polar surface area (TPSA) is 64.1 Å². The Morgan fingerprint density at radius 2 is 1.65 bits per heavy atom. The summed E-state index contributed by atoms with van der Waals surface area (Å²) in [6.07, 6.45) is 0.898. The van der Waals surface area contributed by atoms with Crippen molar-refractivity contribution in [3.63, 3.8) is 0 Å². The Morgan fingerprint density at radius 1 is 0.950 bits per heavy atom. The molecular formula is C15H11N3O2. The van der Waals surface area contributed by atoms with E-state index in [2.05, 4.69) is 15.3 Å². The van der Waals surface area contributed by atoms with Gasteiger partial charge >= 0.3 is 6.09 Å². The first-order chi connectivity index (χ1) is 9.81. The van der Waals surface area contributed by atoms with Gasteiger partial charge in [-0.15, -0.1) is 0 Å². The summed E-state index contributed by atoms with van der Waals surface area (Å²) in [7, 11) is 0. The Labute approximate surface area is 115 Å². The smallest absolute Gasteiger partial charge is 0.410 e. The van der Waals surface area contributed by atoms with Crippen LogP contribution < -0.4 is 10.1 Å². The predicted molar refractivity (Wildman–Crippen MR) is 75.6 cm³/mol. The number of benzene rings is 2. The maximum absolute atomic E-state index is 11.7. The predicted octanol–water partition coefficient (Wildman–Crippen LogP) is 3.24. The van der Waals surface area contributed by atoms with Crippen molar-refractivity contribution < 1.29 is 9.53 Å². The second kappa shape index (κ2) is 5.36. The number of aromatic nitrogens is 2. The van der Waals surface area contributed by atoms with Crippen LogP contribution in [0.5, 0.6) is 5.75 Å². The molecule has 0 radical (unpaired) electrons. The second-order valence-corrected chi connectivity index (χ2v) is 4.07. The first-order valence-electron chi connectivity index (χ1n) is 6.07. The van der Waals surface area contributed by atoms with Gasteiger partial charge in [-0.3, -0.25) is 10.3 Å². The van der Waals surface area contributed by atoms with Crippen LogP contribution in [0.2, 0.25) is 0 Å². The first-order valence-corrected chi connectivity index (χ1v) is 6.07. The minimum absolute atomic E-state index is 0.352. The highest BCUT2D eigenvalue weighted by molar-refractivity contribution is 5.86. The number of carbonyl (C=O) groups is 1. The van der Waals surface area contributed by atoms with E-state index in [0.717, 1.165) is 5.52 Å². The Kier molecular flexibility index (Phi) is 3.24. The summed E-state index contributed by atoms with van der Waals surface area (Å²) >= 11 is 0. The van der Waals surface area contributed by atoms with Crippen LogP contribution in [0.15, 0.2) is 60.8 Å². The Bertz CT molecular complexity index is 744. The summed E-state index contributed by atoms with van der Waals surface area (Å²) in [5.41, 5.74) is 1.49. The molecule has 98 valence electrons. The quantitative estimate of drug-likeness (QED) is 0.772. The zero-order chi connectivity index (χ0) is 13.8. The van der Waals surface area contributed by atoms with Crippen LogP contribution in [0.4, 0.5) is 10.6 Å². The molecule has 1 heterocycles.